The van der Waals surface area contributed by atoms with Crippen molar-refractivity contribution in [2.45, 2.75) is 59.3 Å². The molecule has 5 nitrogen and oxygen atoms in total. The number of piperazine rings is 1. The molecular formula is C24H38ClN3O2. The van der Waals surface area contributed by atoms with E-state index in [1.54, 1.807) is 0 Å². The van der Waals surface area contributed by atoms with Gasteiger partial charge in [0.2, 0.25) is 11.8 Å². The molecule has 2 amide bonds. The van der Waals surface area contributed by atoms with Gasteiger partial charge in [0.15, 0.2) is 0 Å². The number of halogens is 1. The lowest BCUT2D eigenvalue weighted by Gasteiger charge is -2.36. The number of hydrogen-bond acceptors (Lipinski definition) is 3. The molecule has 1 fully saturated rings. The molecule has 1 aliphatic heterocycles. The van der Waals surface area contributed by atoms with Crippen LogP contribution in [-0.2, 0) is 9.59 Å². The normalized spacial score (nSPS) is 16.3. The quantitative estimate of drug-likeness (QED) is 0.546. The van der Waals surface area contributed by atoms with Crippen LogP contribution in [0.3, 0.4) is 0 Å². The maximum absolute atomic E-state index is 12.7. The van der Waals surface area contributed by atoms with Gasteiger partial charge in [0, 0.05) is 56.3 Å². The van der Waals surface area contributed by atoms with Crippen LogP contribution >= 0.6 is 11.6 Å². The molecular weight excluding hydrogens is 398 g/mol. The highest BCUT2D eigenvalue weighted by Gasteiger charge is 2.23. The third-order valence-corrected chi connectivity index (χ3v) is 6.23. The first-order chi connectivity index (χ1) is 14.4. The van der Waals surface area contributed by atoms with Gasteiger partial charge in [0.1, 0.15) is 0 Å². The molecule has 30 heavy (non-hydrogen) atoms. The molecule has 0 spiro atoms. The highest BCUT2D eigenvalue weighted by Crippen LogP contribution is 2.21. The minimum Gasteiger partial charge on any atom is -0.368 e. The van der Waals surface area contributed by atoms with E-state index in [1.807, 2.05) is 30.0 Å². The van der Waals surface area contributed by atoms with Crippen molar-refractivity contribution in [1.29, 1.82) is 0 Å². The second-order valence-corrected chi connectivity index (χ2v) is 9.02. The zero-order valence-corrected chi connectivity index (χ0v) is 19.6. The fourth-order valence-electron chi connectivity index (χ4n) is 3.98. The summed E-state index contributed by atoms with van der Waals surface area (Å²) in [7, 11) is 0. The summed E-state index contributed by atoms with van der Waals surface area (Å²) in [5, 5.41) is 3.80. The van der Waals surface area contributed by atoms with E-state index in [2.05, 4.69) is 30.1 Å². The SMILES string of the molecule is CCCC[C@H](CC)CNC(=O)C[C@@H](C)CC(=O)N1CCN(c2cccc(Cl)c2)CC1. The van der Waals surface area contributed by atoms with Crippen LogP contribution in [0.2, 0.25) is 5.02 Å². The molecule has 0 unspecified atom stereocenters. The molecule has 1 aromatic carbocycles. The van der Waals surface area contributed by atoms with Gasteiger partial charge in [-0.25, -0.2) is 0 Å². The molecule has 0 aliphatic carbocycles. The van der Waals surface area contributed by atoms with Crippen LogP contribution in [0.25, 0.3) is 0 Å². The minimum absolute atomic E-state index is 0.0548. The number of carbonyl (C=O) groups excluding carboxylic acids is 2. The van der Waals surface area contributed by atoms with E-state index in [4.69, 9.17) is 11.6 Å². The third kappa shape index (κ3) is 8.17. The zero-order valence-electron chi connectivity index (χ0n) is 18.8. The van der Waals surface area contributed by atoms with E-state index in [9.17, 15) is 9.59 Å². The van der Waals surface area contributed by atoms with Crippen molar-refractivity contribution in [2.24, 2.45) is 11.8 Å². The van der Waals surface area contributed by atoms with E-state index in [0.717, 1.165) is 36.8 Å². The van der Waals surface area contributed by atoms with Crippen molar-refractivity contribution in [1.82, 2.24) is 10.2 Å². The van der Waals surface area contributed by atoms with Gasteiger partial charge in [-0.15, -0.1) is 0 Å². The Balaban J connectivity index is 1.69. The summed E-state index contributed by atoms with van der Waals surface area (Å²) < 4.78 is 0. The molecule has 0 saturated carbocycles. The average molecular weight is 436 g/mol. The molecule has 0 radical (unpaired) electrons. The van der Waals surface area contributed by atoms with Crippen LogP contribution in [0.15, 0.2) is 24.3 Å². The number of amides is 2. The number of benzene rings is 1. The van der Waals surface area contributed by atoms with E-state index in [0.29, 0.717) is 31.8 Å². The number of hydrogen-bond donors (Lipinski definition) is 1. The Morgan fingerprint density at radius 2 is 1.87 bits per heavy atom. The van der Waals surface area contributed by atoms with Gasteiger partial charge in [-0.1, -0.05) is 57.7 Å². The maximum Gasteiger partial charge on any atom is 0.222 e. The lowest BCUT2D eigenvalue weighted by atomic mass is 9.98. The van der Waals surface area contributed by atoms with Crippen molar-refractivity contribution >= 4 is 29.1 Å². The smallest absolute Gasteiger partial charge is 0.222 e. The van der Waals surface area contributed by atoms with Crippen LogP contribution < -0.4 is 10.2 Å². The summed E-state index contributed by atoms with van der Waals surface area (Å²) in [6.07, 6.45) is 5.51. The monoisotopic (exact) mass is 435 g/mol. The van der Waals surface area contributed by atoms with Gasteiger partial charge in [-0.2, -0.15) is 0 Å². The van der Waals surface area contributed by atoms with Crippen LogP contribution in [0.4, 0.5) is 5.69 Å². The minimum atomic E-state index is 0.0548. The number of nitrogens with zero attached hydrogens (tertiary/aromatic N) is 2. The second-order valence-electron chi connectivity index (χ2n) is 8.58. The van der Waals surface area contributed by atoms with E-state index in [-0.39, 0.29) is 17.7 Å². The van der Waals surface area contributed by atoms with Crippen molar-refractivity contribution < 1.29 is 9.59 Å². The van der Waals surface area contributed by atoms with E-state index in [1.165, 1.54) is 19.3 Å². The Bertz CT molecular complexity index is 674. The molecule has 1 saturated heterocycles. The number of nitrogens with one attached hydrogen (secondary N) is 1. The molecule has 168 valence electrons. The fourth-order valence-corrected chi connectivity index (χ4v) is 4.16. The molecule has 0 bridgehead atoms. The van der Waals surface area contributed by atoms with Gasteiger partial charge in [-0.3, -0.25) is 9.59 Å². The van der Waals surface area contributed by atoms with Gasteiger partial charge < -0.3 is 15.1 Å². The topological polar surface area (TPSA) is 52.7 Å². The Labute approximate surface area is 187 Å². The van der Waals surface area contributed by atoms with Crippen LogP contribution in [0.1, 0.15) is 59.3 Å². The summed E-state index contributed by atoms with van der Waals surface area (Å²) in [4.78, 5) is 29.1. The first-order valence-corrected chi connectivity index (χ1v) is 11.9. The Morgan fingerprint density at radius 3 is 2.50 bits per heavy atom. The Hall–Kier alpha value is -1.75. The third-order valence-electron chi connectivity index (χ3n) is 5.99. The molecule has 1 aliphatic rings. The van der Waals surface area contributed by atoms with Gasteiger partial charge >= 0.3 is 0 Å². The van der Waals surface area contributed by atoms with E-state index >= 15 is 0 Å². The first kappa shape index (κ1) is 24.5. The van der Waals surface area contributed by atoms with Gasteiger partial charge in [0.05, 0.1) is 0 Å². The predicted molar refractivity (Wildman–Crippen MR) is 125 cm³/mol. The molecule has 0 aromatic heterocycles. The number of unbranched alkanes of at least 4 members (excludes halogenated alkanes) is 1. The largest absolute Gasteiger partial charge is 0.368 e. The van der Waals surface area contributed by atoms with Crippen molar-refractivity contribution in [2.75, 3.05) is 37.6 Å². The molecule has 1 aromatic rings. The van der Waals surface area contributed by atoms with Crippen molar-refractivity contribution in [3.63, 3.8) is 0 Å². The summed E-state index contributed by atoms with van der Waals surface area (Å²) in [6.45, 7) is 10.1. The van der Waals surface area contributed by atoms with Crippen molar-refractivity contribution in [3.05, 3.63) is 29.3 Å². The summed E-state index contributed by atoms with van der Waals surface area (Å²) in [5.74, 6) is 0.826. The highest BCUT2D eigenvalue weighted by atomic mass is 35.5. The van der Waals surface area contributed by atoms with Crippen molar-refractivity contribution in [3.8, 4) is 0 Å². The average Bonchev–Trinajstić information content (AvgIpc) is 2.74. The second kappa shape index (κ2) is 12.8. The predicted octanol–water partition coefficient (Wildman–Crippen LogP) is 4.74. The fraction of sp³-hybridized carbons (Fsp3) is 0.667. The highest BCUT2D eigenvalue weighted by molar-refractivity contribution is 6.30. The first-order valence-electron chi connectivity index (χ1n) is 11.5. The maximum atomic E-state index is 12.7. The van der Waals surface area contributed by atoms with Gasteiger partial charge in [-0.05, 0) is 36.5 Å². The lowest BCUT2D eigenvalue weighted by Crippen LogP contribution is -2.49. The van der Waals surface area contributed by atoms with Crippen LogP contribution in [0, 0.1) is 11.8 Å². The zero-order chi connectivity index (χ0) is 21.9. The number of rotatable bonds is 11. The molecule has 2 rings (SSSR count). The summed E-state index contributed by atoms with van der Waals surface area (Å²) in [6, 6.07) is 7.84. The van der Waals surface area contributed by atoms with Crippen LogP contribution in [-0.4, -0.2) is 49.4 Å². The Kier molecular flexibility index (Phi) is 10.5. The Morgan fingerprint density at radius 1 is 1.13 bits per heavy atom. The molecule has 2 atom stereocenters. The summed E-state index contributed by atoms with van der Waals surface area (Å²) in [5.41, 5.74) is 1.10. The standard InChI is InChI=1S/C24H38ClN3O2/c1-4-6-8-20(5-2)18-26-23(29)15-19(3)16-24(30)28-13-11-27(12-14-28)22-10-7-9-21(25)17-22/h7,9-10,17,19-20H,4-6,8,11-16,18H2,1-3H3,(H,26,29)/t19-,20+/m1/s1. The molecule has 1 heterocycles. The van der Waals surface area contributed by atoms with Crippen LogP contribution in [0.5, 0.6) is 0 Å². The molecule has 6 heteroatoms. The molecule has 1 N–H and O–H groups in total. The van der Waals surface area contributed by atoms with Gasteiger partial charge in [0.25, 0.3) is 0 Å². The number of carbonyl (C=O) groups is 2. The summed E-state index contributed by atoms with van der Waals surface area (Å²) >= 11 is 6.09. The lowest BCUT2D eigenvalue weighted by molar-refractivity contribution is -0.132. The van der Waals surface area contributed by atoms with E-state index < -0.39 is 0 Å². The number of anilines is 1.